The molecule has 2 heterocycles. The van der Waals surface area contributed by atoms with Gasteiger partial charge in [-0.05, 0) is 18.2 Å². The van der Waals surface area contributed by atoms with Crippen molar-refractivity contribution in [1.82, 2.24) is 20.7 Å². The molecule has 0 aliphatic heterocycles. The number of aromatic nitrogens is 3. The Hall–Kier alpha value is -2.71. The van der Waals surface area contributed by atoms with Crippen LogP contribution in [0.3, 0.4) is 0 Å². The van der Waals surface area contributed by atoms with Crippen LogP contribution in [0.1, 0.15) is 26.5 Å². The topological polar surface area (TPSA) is 152 Å². The summed E-state index contributed by atoms with van der Waals surface area (Å²) >= 11 is 0.395. The second kappa shape index (κ2) is 6.79. The van der Waals surface area contributed by atoms with Gasteiger partial charge in [0.25, 0.3) is 5.91 Å². The maximum absolute atomic E-state index is 14.1. The first-order valence-corrected chi connectivity index (χ1v) is 9.62. The first kappa shape index (κ1) is 19.1. The summed E-state index contributed by atoms with van der Waals surface area (Å²) in [5, 5.41) is 21.5. The number of alkyl halides is 2. The van der Waals surface area contributed by atoms with E-state index in [0.717, 1.165) is 0 Å². The Morgan fingerprint density at radius 3 is 2.78 bits per heavy atom. The summed E-state index contributed by atoms with van der Waals surface area (Å²) in [4.78, 5) is 29.0. The average molecular weight is 413 g/mol. The molecule has 13 heteroatoms. The predicted molar refractivity (Wildman–Crippen MR) is 90.0 cm³/mol. The van der Waals surface area contributed by atoms with Gasteiger partial charge in [-0.25, -0.2) is 0 Å². The number of thiophene rings is 1. The van der Waals surface area contributed by atoms with Crippen LogP contribution in [0.15, 0.2) is 24.4 Å². The highest BCUT2D eigenvalue weighted by Crippen LogP contribution is 2.62. The Bertz CT molecular complexity index is 1100. The van der Waals surface area contributed by atoms with E-state index in [1.807, 2.05) is 0 Å². The van der Waals surface area contributed by atoms with Gasteiger partial charge in [-0.15, -0.1) is 16.4 Å². The standard InChI is InChI=1S/C14H10F2N5O4PS/c15-14(16,26(23,24)25)12-10(4-17)9-3-7(1-2-11(9)27-12)13(22)18-5-8-6-19-21-20-8/h1-3,6H,5H2,(H,18,22)(H,19,20,21)(H2,23,24,25). The van der Waals surface area contributed by atoms with Crippen molar-refractivity contribution in [3.63, 3.8) is 0 Å². The van der Waals surface area contributed by atoms with E-state index in [-0.39, 0.29) is 22.2 Å². The van der Waals surface area contributed by atoms with E-state index in [9.17, 15) is 23.4 Å². The lowest BCUT2D eigenvalue weighted by Gasteiger charge is -2.16. The summed E-state index contributed by atoms with van der Waals surface area (Å²) in [5.74, 6) is -0.543. The fourth-order valence-corrected chi connectivity index (χ4v) is 4.16. The van der Waals surface area contributed by atoms with Gasteiger partial charge in [0.15, 0.2) is 0 Å². The number of hydrogen-bond donors (Lipinski definition) is 4. The first-order chi connectivity index (χ1) is 12.6. The second-order valence-corrected chi connectivity index (χ2v) is 8.06. The Morgan fingerprint density at radius 2 is 2.19 bits per heavy atom. The molecule has 3 aromatic rings. The van der Waals surface area contributed by atoms with Crippen molar-refractivity contribution in [2.75, 3.05) is 0 Å². The Balaban J connectivity index is 1.99. The summed E-state index contributed by atoms with van der Waals surface area (Å²) in [5.41, 5.74) is -4.51. The van der Waals surface area contributed by atoms with Gasteiger partial charge in [-0.1, -0.05) is 5.21 Å². The monoisotopic (exact) mass is 413 g/mol. The van der Waals surface area contributed by atoms with Gasteiger partial charge < -0.3 is 15.1 Å². The quantitative estimate of drug-likeness (QED) is 0.467. The van der Waals surface area contributed by atoms with Gasteiger partial charge in [0.05, 0.1) is 12.1 Å². The molecule has 0 saturated carbocycles. The van der Waals surface area contributed by atoms with E-state index >= 15 is 0 Å². The Kier molecular flexibility index (Phi) is 4.79. The maximum Gasteiger partial charge on any atom is 0.400 e. The highest BCUT2D eigenvalue weighted by molar-refractivity contribution is 7.53. The molecule has 0 fully saturated rings. The molecule has 140 valence electrons. The summed E-state index contributed by atoms with van der Waals surface area (Å²) in [6, 6.07) is 5.47. The fourth-order valence-electron chi connectivity index (χ4n) is 2.28. The largest absolute Gasteiger partial charge is 0.400 e. The van der Waals surface area contributed by atoms with Crippen LogP contribution >= 0.6 is 18.9 Å². The molecule has 0 bridgehead atoms. The SMILES string of the molecule is N#Cc1c(C(F)(F)P(=O)(O)O)sc2ccc(C(=O)NCc3c[nH]nn3)cc12. The van der Waals surface area contributed by atoms with Crippen molar-refractivity contribution in [3.8, 4) is 6.07 Å². The van der Waals surface area contributed by atoms with Crippen molar-refractivity contribution in [2.24, 2.45) is 0 Å². The van der Waals surface area contributed by atoms with Gasteiger partial charge >= 0.3 is 13.3 Å². The molecule has 0 atom stereocenters. The lowest BCUT2D eigenvalue weighted by Crippen LogP contribution is -2.22. The molecule has 1 aromatic carbocycles. The molecular weight excluding hydrogens is 403 g/mol. The minimum Gasteiger partial charge on any atom is -0.346 e. The number of nitrogens with zero attached hydrogens (tertiary/aromatic N) is 3. The number of halogens is 2. The normalized spacial score (nSPS) is 12.1. The number of aromatic amines is 1. The number of nitriles is 1. The predicted octanol–water partition coefficient (Wildman–Crippen LogP) is 2.05. The zero-order valence-electron chi connectivity index (χ0n) is 13.2. The highest BCUT2D eigenvalue weighted by Gasteiger charge is 2.53. The van der Waals surface area contributed by atoms with Crippen molar-refractivity contribution in [2.45, 2.75) is 12.2 Å². The van der Waals surface area contributed by atoms with Crippen LogP contribution in [-0.4, -0.2) is 31.1 Å². The average Bonchev–Trinajstić information content (AvgIpc) is 3.25. The van der Waals surface area contributed by atoms with Crippen molar-refractivity contribution in [1.29, 1.82) is 5.26 Å². The molecule has 0 unspecified atom stereocenters. The summed E-state index contributed by atoms with van der Waals surface area (Å²) in [7, 11) is -5.82. The van der Waals surface area contributed by atoms with Crippen LogP contribution in [0.5, 0.6) is 0 Å². The first-order valence-electron chi connectivity index (χ1n) is 7.19. The van der Waals surface area contributed by atoms with Crippen LogP contribution in [0.25, 0.3) is 10.1 Å². The van der Waals surface area contributed by atoms with E-state index in [2.05, 4.69) is 20.7 Å². The van der Waals surface area contributed by atoms with Crippen LogP contribution in [0.4, 0.5) is 8.78 Å². The molecule has 0 saturated heterocycles. The third-order valence-electron chi connectivity index (χ3n) is 3.60. The zero-order valence-corrected chi connectivity index (χ0v) is 14.9. The zero-order chi connectivity index (χ0) is 19.8. The minimum atomic E-state index is -5.82. The molecule has 0 radical (unpaired) electrons. The third kappa shape index (κ3) is 3.45. The number of H-pyrrole nitrogens is 1. The molecule has 1 amide bonds. The number of benzene rings is 1. The van der Waals surface area contributed by atoms with E-state index in [1.54, 1.807) is 6.07 Å². The van der Waals surface area contributed by atoms with E-state index in [1.165, 1.54) is 24.4 Å². The van der Waals surface area contributed by atoms with E-state index < -0.39 is 29.6 Å². The van der Waals surface area contributed by atoms with Gasteiger partial charge in [0.1, 0.15) is 16.6 Å². The summed E-state index contributed by atoms with van der Waals surface area (Å²) in [6.07, 6.45) is 1.48. The minimum absolute atomic E-state index is 0.0136. The molecule has 4 N–H and O–H groups in total. The number of rotatable bonds is 5. The van der Waals surface area contributed by atoms with Crippen LogP contribution in [0.2, 0.25) is 0 Å². The number of amides is 1. The van der Waals surface area contributed by atoms with Gasteiger partial charge in [-0.2, -0.15) is 14.0 Å². The van der Waals surface area contributed by atoms with Crippen LogP contribution in [-0.2, 0) is 16.8 Å². The summed E-state index contributed by atoms with van der Waals surface area (Å²) < 4.78 is 39.5. The van der Waals surface area contributed by atoms with Gasteiger partial charge in [0.2, 0.25) is 0 Å². The lowest BCUT2D eigenvalue weighted by molar-refractivity contribution is 0.0599. The number of carbonyl (C=O) groups is 1. The molecule has 27 heavy (non-hydrogen) atoms. The number of carbonyl (C=O) groups excluding carboxylic acids is 1. The van der Waals surface area contributed by atoms with E-state index in [0.29, 0.717) is 17.0 Å². The van der Waals surface area contributed by atoms with Crippen LogP contribution < -0.4 is 5.32 Å². The fraction of sp³-hybridized carbons (Fsp3) is 0.143. The van der Waals surface area contributed by atoms with Gasteiger partial charge in [0, 0.05) is 21.8 Å². The van der Waals surface area contributed by atoms with Crippen molar-refractivity contribution < 1.29 is 27.9 Å². The highest BCUT2D eigenvalue weighted by atomic mass is 32.1. The van der Waals surface area contributed by atoms with Gasteiger partial charge in [-0.3, -0.25) is 14.5 Å². The second-order valence-electron chi connectivity index (χ2n) is 5.36. The number of nitrogens with one attached hydrogen (secondary N) is 2. The molecule has 3 rings (SSSR count). The maximum atomic E-state index is 14.1. The molecule has 0 spiro atoms. The number of fused-ring (bicyclic) bond motifs is 1. The lowest BCUT2D eigenvalue weighted by atomic mass is 10.1. The molecule has 9 nitrogen and oxygen atoms in total. The number of hydrogen-bond acceptors (Lipinski definition) is 6. The summed E-state index contributed by atoms with van der Waals surface area (Å²) in [6.45, 7) is 0.0731. The van der Waals surface area contributed by atoms with Crippen molar-refractivity contribution in [3.05, 3.63) is 46.1 Å². The molecule has 0 aliphatic rings. The molecule has 2 aromatic heterocycles. The Morgan fingerprint density at radius 1 is 1.44 bits per heavy atom. The smallest absolute Gasteiger partial charge is 0.346 e. The third-order valence-corrected chi connectivity index (χ3v) is 5.95. The molecular formula is C14H10F2N5O4PS. The molecule has 0 aliphatic carbocycles. The van der Waals surface area contributed by atoms with Crippen molar-refractivity contribution >= 4 is 34.9 Å². The van der Waals surface area contributed by atoms with Crippen LogP contribution in [0, 0.1) is 11.3 Å². The van der Waals surface area contributed by atoms with E-state index in [4.69, 9.17) is 9.79 Å². The Labute approximate surface area is 153 Å².